The molecule has 1 rings (SSSR count). The summed E-state index contributed by atoms with van der Waals surface area (Å²) in [7, 11) is -7.44. The lowest BCUT2D eigenvalue weighted by Crippen LogP contribution is -2.23. The maximum Gasteiger partial charge on any atom is 0.333 e. The third-order valence-electron chi connectivity index (χ3n) is 2.81. The van der Waals surface area contributed by atoms with Crippen LogP contribution in [0.2, 0.25) is 0 Å². The largest absolute Gasteiger partial charge is 0.390 e. The van der Waals surface area contributed by atoms with Crippen LogP contribution in [0.4, 0.5) is 0 Å². The van der Waals surface area contributed by atoms with Gasteiger partial charge >= 0.3 is 7.60 Å². The van der Waals surface area contributed by atoms with Crippen LogP contribution in [0.1, 0.15) is 19.4 Å². The van der Waals surface area contributed by atoms with Crippen molar-refractivity contribution in [2.24, 2.45) is 0 Å². The summed E-state index contributed by atoms with van der Waals surface area (Å²) in [6.45, 7) is 4.92. The lowest BCUT2D eigenvalue weighted by atomic mass is 10.2. The number of hydrogen-bond donors (Lipinski definition) is 1. The van der Waals surface area contributed by atoms with Crippen LogP contribution in [0.25, 0.3) is 0 Å². The molecule has 1 N–H and O–H groups in total. The Kier molecular flexibility index (Phi) is 7.86. The summed E-state index contributed by atoms with van der Waals surface area (Å²) >= 11 is 0. The molecule has 0 aliphatic carbocycles. The Hall–Kier alpha value is -0.760. The standard InChI is InChI=1S/C14H23O7PS/c1-4-19-22(16,20-5-2)11-13(15)10-21-23(17,18)14-8-6-12(3)7-9-14/h6-9,13,15H,4-5,10-11H2,1-3H3/t13-/m1/s1. The molecule has 1 aromatic carbocycles. The zero-order valence-electron chi connectivity index (χ0n) is 13.5. The summed E-state index contributed by atoms with van der Waals surface area (Å²) in [6.07, 6.45) is -1.63. The van der Waals surface area contributed by atoms with Crippen LogP contribution in [0.15, 0.2) is 29.2 Å². The zero-order valence-corrected chi connectivity index (χ0v) is 15.2. The van der Waals surface area contributed by atoms with E-state index >= 15 is 0 Å². The Labute approximate surface area is 137 Å². The first-order valence-electron chi connectivity index (χ1n) is 7.24. The predicted molar refractivity (Wildman–Crippen MR) is 86.0 cm³/mol. The summed E-state index contributed by atoms with van der Waals surface area (Å²) < 4.78 is 51.1. The lowest BCUT2D eigenvalue weighted by molar-refractivity contribution is 0.117. The molecule has 0 amide bonds. The molecule has 0 aliphatic heterocycles. The second kappa shape index (κ2) is 8.92. The average Bonchev–Trinajstić information content (AvgIpc) is 2.46. The molecule has 132 valence electrons. The Morgan fingerprint density at radius 3 is 2.13 bits per heavy atom. The van der Waals surface area contributed by atoms with Gasteiger partial charge < -0.3 is 14.2 Å². The van der Waals surface area contributed by atoms with Crippen molar-refractivity contribution in [3.63, 3.8) is 0 Å². The molecule has 0 bridgehead atoms. The fourth-order valence-corrected chi connectivity index (χ4v) is 4.42. The van der Waals surface area contributed by atoms with E-state index < -0.39 is 30.4 Å². The van der Waals surface area contributed by atoms with Crippen molar-refractivity contribution in [2.45, 2.75) is 31.8 Å². The van der Waals surface area contributed by atoms with E-state index in [2.05, 4.69) is 0 Å². The van der Waals surface area contributed by atoms with Crippen molar-refractivity contribution >= 4 is 17.7 Å². The van der Waals surface area contributed by atoms with Crippen LogP contribution in [-0.4, -0.2) is 45.6 Å². The molecule has 0 heterocycles. The molecule has 0 radical (unpaired) electrons. The van der Waals surface area contributed by atoms with Gasteiger partial charge in [-0.3, -0.25) is 8.75 Å². The molecule has 9 heteroatoms. The van der Waals surface area contributed by atoms with Gasteiger partial charge in [-0.2, -0.15) is 8.42 Å². The molecule has 1 atom stereocenters. The molecule has 0 aromatic heterocycles. The number of aryl methyl sites for hydroxylation is 1. The second-order valence-corrected chi connectivity index (χ2v) is 8.55. The minimum Gasteiger partial charge on any atom is -0.390 e. The summed E-state index contributed by atoms with van der Waals surface area (Å²) in [4.78, 5) is -0.00639. The number of rotatable bonds is 10. The summed E-state index contributed by atoms with van der Waals surface area (Å²) in [5.41, 5.74) is 0.915. The van der Waals surface area contributed by atoms with Crippen LogP contribution in [-0.2, 0) is 27.9 Å². The van der Waals surface area contributed by atoms with Gasteiger partial charge in [-0.15, -0.1) is 0 Å². The van der Waals surface area contributed by atoms with Gasteiger partial charge in [0.15, 0.2) is 0 Å². The van der Waals surface area contributed by atoms with E-state index in [1.54, 1.807) is 26.0 Å². The molecule has 23 heavy (non-hydrogen) atoms. The number of benzene rings is 1. The molecule has 7 nitrogen and oxygen atoms in total. The maximum absolute atomic E-state index is 12.2. The highest BCUT2D eigenvalue weighted by Gasteiger charge is 2.29. The molecular weight excluding hydrogens is 343 g/mol. The van der Waals surface area contributed by atoms with Crippen molar-refractivity contribution in [3.05, 3.63) is 29.8 Å². The van der Waals surface area contributed by atoms with Crippen molar-refractivity contribution < 1.29 is 31.3 Å². The third-order valence-corrected chi connectivity index (χ3v) is 6.28. The van der Waals surface area contributed by atoms with Crippen LogP contribution >= 0.6 is 7.60 Å². The van der Waals surface area contributed by atoms with E-state index in [4.69, 9.17) is 13.2 Å². The smallest absolute Gasteiger partial charge is 0.333 e. The molecule has 0 aliphatic rings. The third kappa shape index (κ3) is 6.71. The SMILES string of the molecule is CCOP(=O)(C[C@H](O)COS(=O)(=O)c1ccc(C)cc1)OCC. The van der Waals surface area contributed by atoms with Gasteiger partial charge in [0.25, 0.3) is 10.1 Å². The molecule has 1 aromatic rings. The van der Waals surface area contributed by atoms with Gasteiger partial charge in [-0.25, -0.2) is 0 Å². The first-order valence-corrected chi connectivity index (χ1v) is 10.4. The van der Waals surface area contributed by atoms with Gasteiger partial charge in [0, 0.05) is 0 Å². The van der Waals surface area contributed by atoms with Crippen LogP contribution in [0, 0.1) is 6.92 Å². The van der Waals surface area contributed by atoms with Crippen molar-refractivity contribution in [2.75, 3.05) is 26.0 Å². The molecule has 0 unspecified atom stereocenters. The fraction of sp³-hybridized carbons (Fsp3) is 0.571. The summed E-state index contributed by atoms with van der Waals surface area (Å²) in [6, 6.07) is 6.13. The Bertz CT molecular complexity index is 617. The van der Waals surface area contributed by atoms with Crippen molar-refractivity contribution in [1.82, 2.24) is 0 Å². The zero-order chi connectivity index (χ0) is 17.5. The van der Waals surface area contributed by atoms with Crippen LogP contribution in [0.3, 0.4) is 0 Å². The van der Waals surface area contributed by atoms with E-state index in [1.165, 1.54) is 12.1 Å². The maximum atomic E-state index is 12.2. The van der Waals surface area contributed by atoms with Crippen LogP contribution in [0.5, 0.6) is 0 Å². The van der Waals surface area contributed by atoms with Crippen molar-refractivity contribution in [3.8, 4) is 0 Å². The van der Waals surface area contributed by atoms with E-state index in [9.17, 15) is 18.1 Å². The first-order chi connectivity index (χ1) is 10.7. The van der Waals surface area contributed by atoms with E-state index in [-0.39, 0.29) is 24.3 Å². The molecule has 0 fully saturated rings. The van der Waals surface area contributed by atoms with Gasteiger partial charge in [0.2, 0.25) is 0 Å². The van der Waals surface area contributed by atoms with Crippen molar-refractivity contribution in [1.29, 1.82) is 0 Å². The lowest BCUT2D eigenvalue weighted by Gasteiger charge is -2.19. The molecular formula is C14H23O7PS. The highest BCUT2D eigenvalue weighted by Crippen LogP contribution is 2.48. The topological polar surface area (TPSA) is 99.1 Å². The van der Waals surface area contributed by atoms with E-state index in [0.717, 1.165) is 5.56 Å². The van der Waals surface area contributed by atoms with Gasteiger partial charge in [-0.1, -0.05) is 17.7 Å². The normalized spacial score (nSPS) is 13.9. The Morgan fingerprint density at radius 1 is 1.13 bits per heavy atom. The van der Waals surface area contributed by atoms with Crippen LogP contribution < -0.4 is 0 Å². The number of hydrogen-bond acceptors (Lipinski definition) is 7. The summed E-state index contributed by atoms with van der Waals surface area (Å²) in [5, 5.41) is 9.87. The Morgan fingerprint density at radius 2 is 1.65 bits per heavy atom. The number of aliphatic hydroxyl groups excluding tert-OH is 1. The highest BCUT2D eigenvalue weighted by atomic mass is 32.2. The minimum atomic E-state index is -3.98. The summed E-state index contributed by atoms with van der Waals surface area (Å²) in [5.74, 6) is 0. The predicted octanol–water partition coefficient (Wildman–Crippen LogP) is 2.33. The quantitative estimate of drug-likeness (QED) is 0.501. The van der Waals surface area contributed by atoms with Gasteiger partial charge in [-0.05, 0) is 32.9 Å². The minimum absolute atomic E-state index is 0.00639. The fourth-order valence-electron chi connectivity index (χ4n) is 1.79. The van der Waals surface area contributed by atoms with E-state index in [0.29, 0.717) is 0 Å². The molecule has 0 saturated carbocycles. The van der Waals surface area contributed by atoms with Gasteiger partial charge in [0.05, 0.1) is 37.0 Å². The average molecular weight is 366 g/mol. The number of aliphatic hydroxyl groups is 1. The highest BCUT2D eigenvalue weighted by molar-refractivity contribution is 7.86. The van der Waals surface area contributed by atoms with Gasteiger partial charge in [0.1, 0.15) is 0 Å². The first kappa shape index (κ1) is 20.3. The molecule has 0 spiro atoms. The second-order valence-electron chi connectivity index (χ2n) is 4.83. The molecule has 0 saturated heterocycles. The monoisotopic (exact) mass is 366 g/mol. The van der Waals surface area contributed by atoms with E-state index in [1.807, 2.05) is 6.92 Å². The Balaban J connectivity index is 2.65.